The molecule has 4 aromatic rings. The summed E-state index contributed by atoms with van der Waals surface area (Å²) in [7, 11) is 0. The molecule has 0 bridgehead atoms. The van der Waals surface area contributed by atoms with E-state index in [0.717, 1.165) is 12.0 Å². The quantitative estimate of drug-likeness (QED) is 0.154. The molecule has 0 spiro atoms. The molecule has 0 fully saturated rings. The molecule has 0 aliphatic heterocycles. The molecule has 2 heterocycles. The lowest BCUT2D eigenvalue weighted by Crippen LogP contribution is -2.23. The van der Waals surface area contributed by atoms with Gasteiger partial charge in [-0.3, -0.25) is 19.4 Å². The zero-order chi connectivity index (χ0) is 30.9. The normalized spacial score (nSPS) is 9.83. The summed E-state index contributed by atoms with van der Waals surface area (Å²) in [6.45, 7) is 8.42. The molecule has 0 atom stereocenters. The molecule has 0 aliphatic carbocycles. The number of Topliss-reactive ketones (excluding diaryl/α,β-unsaturated/α-hetero) is 1. The fourth-order valence-corrected chi connectivity index (χ4v) is 4.05. The van der Waals surface area contributed by atoms with Crippen LogP contribution in [0.1, 0.15) is 48.6 Å². The third kappa shape index (κ3) is 11.5. The zero-order valence-electron chi connectivity index (χ0n) is 24.5. The Morgan fingerprint density at radius 1 is 0.976 bits per heavy atom. The Kier molecular flexibility index (Phi) is 14.4. The van der Waals surface area contributed by atoms with Crippen LogP contribution in [0.25, 0.3) is 0 Å². The fraction of sp³-hybridized carbons (Fsp3) is 0.242. The number of ketones is 1. The highest BCUT2D eigenvalue weighted by Gasteiger charge is 2.09. The average molecular weight is 588 g/mol. The molecule has 0 aliphatic rings. The van der Waals surface area contributed by atoms with Crippen LogP contribution in [-0.4, -0.2) is 40.5 Å². The molecule has 3 N–H and O–H groups in total. The maximum absolute atomic E-state index is 11.7. The number of carbonyl (C=O) groups is 2. The maximum atomic E-state index is 11.7. The largest absolute Gasteiger partial charge is 0.377 e. The van der Waals surface area contributed by atoms with Crippen LogP contribution in [-0.2, 0) is 22.6 Å². The predicted octanol–water partition coefficient (Wildman–Crippen LogP) is 5.67. The number of aromatic nitrogens is 2. The van der Waals surface area contributed by atoms with Crippen molar-refractivity contribution < 1.29 is 9.59 Å². The number of benzene rings is 2. The minimum absolute atomic E-state index is 0.00607. The molecule has 220 valence electrons. The predicted molar refractivity (Wildman–Crippen MR) is 171 cm³/mol. The van der Waals surface area contributed by atoms with E-state index in [1.807, 2.05) is 38.5 Å². The second kappa shape index (κ2) is 18.0. The number of rotatable bonds is 11. The number of nitrogens with one attached hydrogen (secondary N) is 3. The Morgan fingerprint density at radius 3 is 2.33 bits per heavy atom. The lowest BCUT2D eigenvalue weighted by Gasteiger charge is -2.12. The van der Waals surface area contributed by atoms with Gasteiger partial charge in [-0.25, -0.2) is 0 Å². The van der Waals surface area contributed by atoms with Crippen molar-refractivity contribution in [2.24, 2.45) is 0 Å². The van der Waals surface area contributed by atoms with Crippen LogP contribution < -0.4 is 16.2 Å². The first-order chi connectivity index (χ1) is 20.2. The van der Waals surface area contributed by atoms with E-state index in [1.165, 1.54) is 23.6 Å². The van der Waals surface area contributed by atoms with Crippen LogP contribution in [0.5, 0.6) is 0 Å². The number of anilines is 1. The number of hydrogen-bond donors (Lipinski definition) is 3. The van der Waals surface area contributed by atoms with Crippen LogP contribution in [0.2, 0.25) is 5.02 Å². The van der Waals surface area contributed by atoms with Gasteiger partial charge in [-0.15, -0.1) is 0 Å². The van der Waals surface area contributed by atoms with Crippen LogP contribution in [0.4, 0.5) is 5.69 Å². The third-order valence-corrected chi connectivity index (χ3v) is 6.05. The van der Waals surface area contributed by atoms with Crippen molar-refractivity contribution in [2.45, 2.75) is 40.7 Å². The van der Waals surface area contributed by atoms with Gasteiger partial charge in [-0.1, -0.05) is 61.8 Å². The molecule has 0 saturated carbocycles. The van der Waals surface area contributed by atoms with Crippen molar-refractivity contribution in [3.8, 4) is 0 Å². The summed E-state index contributed by atoms with van der Waals surface area (Å²) in [5, 5.41) is 13.7. The summed E-state index contributed by atoms with van der Waals surface area (Å²) >= 11 is 5.88. The number of hydrogen-bond acceptors (Lipinski definition) is 6. The first-order valence-corrected chi connectivity index (χ1v) is 14.0. The van der Waals surface area contributed by atoms with Gasteiger partial charge in [0, 0.05) is 40.9 Å². The van der Waals surface area contributed by atoms with Gasteiger partial charge in [0.2, 0.25) is 6.41 Å². The Bertz CT molecular complexity index is 1520. The van der Waals surface area contributed by atoms with E-state index >= 15 is 0 Å². The molecule has 0 radical (unpaired) electrons. The van der Waals surface area contributed by atoms with Crippen LogP contribution in [0.15, 0.2) is 90.1 Å². The molecule has 4 rings (SSSR count). The van der Waals surface area contributed by atoms with E-state index < -0.39 is 0 Å². The SMILES string of the molecule is CC.CC(=O)CNc1ccc(Cl)cc1C(=N)CNC=O.Cc1cncc(Cc2ccc(Cn3ccccc3=O)cc2)c1. The number of carbonyl (C=O) groups excluding carboxylic acids is 2. The Labute approximate surface area is 252 Å². The molecular formula is C33H38ClN5O3. The Balaban J connectivity index is 0.000000283. The minimum atomic E-state index is -0.00607. The second-order valence-electron chi connectivity index (χ2n) is 9.25. The molecule has 9 heteroatoms. The highest BCUT2D eigenvalue weighted by atomic mass is 35.5. The highest BCUT2D eigenvalue weighted by molar-refractivity contribution is 6.31. The van der Waals surface area contributed by atoms with Gasteiger partial charge in [-0.2, -0.15) is 0 Å². The number of nitrogens with zero attached hydrogens (tertiary/aromatic N) is 2. The summed E-state index contributed by atoms with van der Waals surface area (Å²) in [6, 6.07) is 20.8. The summed E-state index contributed by atoms with van der Waals surface area (Å²) < 4.78 is 1.71. The smallest absolute Gasteiger partial charge is 0.250 e. The molecule has 0 saturated heterocycles. The van der Waals surface area contributed by atoms with E-state index in [-0.39, 0.29) is 30.1 Å². The minimum Gasteiger partial charge on any atom is -0.377 e. The first-order valence-electron chi connectivity index (χ1n) is 13.7. The standard InChI is InChI=1S/C19H18N2O.C12H14ClN3O2.C2H6/c1-15-10-18(13-20-12-15)11-16-5-7-17(8-6-16)14-21-9-3-2-4-19(21)22;1-8(18)5-16-12-3-2-9(13)4-10(12)11(14)6-15-7-17;1-2/h2-10,12-13H,11,14H2,1H3;2-4,7,14,16H,5-6H2,1H3,(H,15,17);1-2H3. The van der Waals surface area contributed by atoms with Gasteiger partial charge in [0.25, 0.3) is 5.56 Å². The molecule has 2 aromatic heterocycles. The van der Waals surface area contributed by atoms with Crippen molar-refractivity contribution in [1.82, 2.24) is 14.9 Å². The summed E-state index contributed by atoms with van der Waals surface area (Å²) in [6.07, 6.45) is 6.99. The second-order valence-corrected chi connectivity index (χ2v) is 9.69. The maximum Gasteiger partial charge on any atom is 0.250 e. The summed E-state index contributed by atoms with van der Waals surface area (Å²) in [5.74, 6) is -0.00607. The van der Waals surface area contributed by atoms with Crippen molar-refractivity contribution in [3.05, 3.63) is 129 Å². The van der Waals surface area contributed by atoms with Crippen molar-refractivity contribution in [1.29, 1.82) is 5.41 Å². The van der Waals surface area contributed by atoms with Crippen LogP contribution in [0, 0.1) is 12.3 Å². The monoisotopic (exact) mass is 587 g/mol. The molecule has 2 aromatic carbocycles. The van der Waals surface area contributed by atoms with E-state index in [2.05, 4.69) is 52.9 Å². The number of aryl methyl sites for hydroxylation is 1. The van der Waals surface area contributed by atoms with Gasteiger partial charge in [0.05, 0.1) is 25.3 Å². The number of amides is 1. The van der Waals surface area contributed by atoms with Gasteiger partial charge >= 0.3 is 0 Å². The molecule has 8 nitrogen and oxygen atoms in total. The Hall–Kier alpha value is -4.56. The van der Waals surface area contributed by atoms with E-state index in [9.17, 15) is 14.4 Å². The van der Waals surface area contributed by atoms with Crippen LogP contribution >= 0.6 is 11.6 Å². The van der Waals surface area contributed by atoms with Crippen molar-refractivity contribution in [3.63, 3.8) is 0 Å². The lowest BCUT2D eigenvalue weighted by molar-refractivity contribution is -0.115. The van der Waals surface area contributed by atoms with Gasteiger partial charge in [-0.05, 0) is 66.8 Å². The van der Waals surface area contributed by atoms with Gasteiger partial charge < -0.3 is 20.6 Å². The molecular weight excluding hydrogens is 550 g/mol. The third-order valence-electron chi connectivity index (χ3n) is 5.81. The lowest BCUT2D eigenvalue weighted by atomic mass is 10.0. The average Bonchev–Trinajstić information content (AvgIpc) is 2.99. The highest BCUT2D eigenvalue weighted by Crippen LogP contribution is 2.21. The molecule has 42 heavy (non-hydrogen) atoms. The van der Waals surface area contributed by atoms with Crippen molar-refractivity contribution in [2.75, 3.05) is 18.4 Å². The van der Waals surface area contributed by atoms with Crippen LogP contribution in [0.3, 0.4) is 0 Å². The Morgan fingerprint density at radius 2 is 1.69 bits per heavy atom. The van der Waals surface area contributed by atoms with E-state index in [4.69, 9.17) is 17.0 Å². The molecule has 1 amide bonds. The fourth-order valence-electron chi connectivity index (χ4n) is 3.88. The van der Waals surface area contributed by atoms with E-state index in [1.54, 1.807) is 34.9 Å². The van der Waals surface area contributed by atoms with Gasteiger partial charge in [0.15, 0.2) is 0 Å². The van der Waals surface area contributed by atoms with E-state index in [0.29, 0.717) is 29.2 Å². The first kappa shape index (κ1) is 33.6. The van der Waals surface area contributed by atoms with Crippen molar-refractivity contribution >= 4 is 35.2 Å². The number of pyridine rings is 2. The van der Waals surface area contributed by atoms with Gasteiger partial charge in [0.1, 0.15) is 5.78 Å². The number of halogens is 1. The summed E-state index contributed by atoms with van der Waals surface area (Å²) in [5.41, 5.74) is 6.22. The molecule has 0 unspecified atom stereocenters. The summed E-state index contributed by atoms with van der Waals surface area (Å²) in [4.78, 5) is 37.1. The topological polar surface area (TPSA) is 117 Å². The zero-order valence-corrected chi connectivity index (χ0v) is 25.2.